The van der Waals surface area contributed by atoms with E-state index in [0.29, 0.717) is 5.56 Å². The molecule has 0 bridgehead atoms. The number of carboxylic acids is 1. The van der Waals surface area contributed by atoms with Gasteiger partial charge in [0.15, 0.2) is 11.7 Å². The van der Waals surface area contributed by atoms with Crippen molar-refractivity contribution in [3.8, 4) is 5.75 Å². The number of ether oxygens (including phenoxy) is 1. The van der Waals surface area contributed by atoms with Crippen molar-refractivity contribution in [1.82, 2.24) is 9.80 Å². The number of nitrogens with zero attached hydrogens (tertiary/aromatic N) is 2. The fourth-order valence-corrected chi connectivity index (χ4v) is 2.17. The summed E-state index contributed by atoms with van der Waals surface area (Å²) in [4.78, 5) is 37.5. The normalized spacial score (nSPS) is 15.0. The third-order valence-corrected chi connectivity index (χ3v) is 3.76. The van der Waals surface area contributed by atoms with Crippen molar-refractivity contribution < 1.29 is 24.2 Å². The first kappa shape index (κ1) is 16.6. The average molecular weight is 334 g/mol. The Hall–Kier alpha value is -2.74. The molecule has 0 aromatic heterocycles. The summed E-state index contributed by atoms with van der Waals surface area (Å²) in [5.74, 6) is -1.90. The van der Waals surface area contributed by atoms with Gasteiger partial charge in [-0.2, -0.15) is 0 Å². The lowest BCUT2D eigenvalue weighted by Gasteiger charge is -2.31. The molecule has 1 aliphatic rings. The molecule has 0 saturated carbocycles. The van der Waals surface area contributed by atoms with Crippen LogP contribution in [0.25, 0.3) is 6.08 Å². The van der Waals surface area contributed by atoms with Crippen molar-refractivity contribution in [2.45, 2.75) is 0 Å². The Morgan fingerprint density at radius 1 is 1.22 bits per heavy atom. The number of hydrogen-bond acceptors (Lipinski definition) is 5. The van der Waals surface area contributed by atoms with Crippen LogP contribution in [0.5, 0.6) is 5.75 Å². The van der Waals surface area contributed by atoms with Crippen LogP contribution in [0.1, 0.15) is 5.56 Å². The molecule has 1 heterocycles. The Labute approximate surface area is 137 Å². The summed E-state index contributed by atoms with van der Waals surface area (Å²) < 4.78 is 5.17. The number of aliphatic carboxylic acids is 1. The molecule has 7 nitrogen and oxygen atoms in total. The second-order valence-corrected chi connectivity index (χ2v) is 5.15. The molecule has 1 aromatic rings. The minimum absolute atomic E-state index is 0.0741. The largest absolute Gasteiger partial charge is 0.481 e. The topological polar surface area (TPSA) is 87.1 Å². The van der Waals surface area contributed by atoms with Crippen LogP contribution in [0.4, 0.5) is 0 Å². The second kappa shape index (κ2) is 6.57. The number of rotatable bonds is 4. The van der Waals surface area contributed by atoms with Gasteiger partial charge in [0.2, 0.25) is 0 Å². The van der Waals surface area contributed by atoms with Gasteiger partial charge in [0.25, 0.3) is 11.8 Å². The fourth-order valence-electron chi connectivity index (χ4n) is 2.00. The summed E-state index contributed by atoms with van der Waals surface area (Å²) >= 11 is 5.01. The zero-order valence-corrected chi connectivity index (χ0v) is 13.3. The van der Waals surface area contributed by atoms with Crippen LogP contribution in [0, 0.1) is 0 Å². The van der Waals surface area contributed by atoms with Gasteiger partial charge in [-0.1, -0.05) is 18.2 Å². The number of likely N-dealkylation sites (N-methyl/N-ethyl adjacent to an activating group) is 2. The lowest BCUT2D eigenvalue weighted by atomic mass is 10.1. The molecule has 8 heteroatoms. The molecule has 2 amide bonds. The van der Waals surface area contributed by atoms with Crippen LogP contribution in [0.2, 0.25) is 0 Å². The molecule has 1 aliphatic heterocycles. The number of amides is 2. The van der Waals surface area contributed by atoms with Crippen LogP contribution >= 0.6 is 12.2 Å². The molecule has 1 N–H and O–H groups in total. The highest BCUT2D eigenvalue weighted by Gasteiger charge is 2.35. The molecule has 1 aromatic carbocycles. The molecule has 1 fully saturated rings. The minimum atomic E-state index is -1.12. The van der Waals surface area contributed by atoms with Crippen molar-refractivity contribution in [1.29, 1.82) is 0 Å². The number of thiocarbonyl (C=S) groups is 1. The van der Waals surface area contributed by atoms with Gasteiger partial charge in [0.05, 0.1) is 0 Å². The number of para-hydroxylation sites is 1. The molecule has 0 spiro atoms. The van der Waals surface area contributed by atoms with E-state index in [0.717, 1.165) is 0 Å². The summed E-state index contributed by atoms with van der Waals surface area (Å²) in [6.07, 6.45) is 1.37. The van der Waals surface area contributed by atoms with E-state index in [1.807, 2.05) is 0 Å². The van der Waals surface area contributed by atoms with E-state index in [4.69, 9.17) is 22.1 Å². The van der Waals surface area contributed by atoms with Crippen molar-refractivity contribution >= 4 is 41.2 Å². The van der Waals surface area contributed by atoms with Gasteiger partial charge >= 0.3 is 5.97 Å². The molecular formula is C15H14N2O5S. The molecule has 0 atom stereocenters. The molecule has 2 rings (SSSR count). The average Bonchev–Trinajstić information content (AvgIpc) is 2.54. The summed E-state index contributed by atoms with van der Waals surface area (Å²) in [6.45, 7) is -0.522. The van der Waals surface area contributed by atoms with Crippen LogP contribution in [-0.2, 0) is 14.4 Å². The Balaban J connectivity index is 2.41. The highest BCUT2D eigenvalue weighted by Crippen LogP contribution is 2.24. The van der Waals surface area contributed by atoms with Gasteiger partial charge in [-0.05, 0) is 24.4 Å². The molecular weight excluding hydrogens is 320 g/mol. The first-order valence-electron chi connectivity index (χ1n) is 6.58. The van der Waals surface area contributed by atoms with E-state index in [9.17, 15) is 14.4 Å². The number of benzene rings is 1. The van der Waals surface area contributed by atoms with Gasteiger partial charge < -0.3 is 9.84 Å². The highest BCUT2D eigenvalue weighted by atomic mass is 32.1. The maximum absolute atomic E-state index is 12.3. The first-order valence-corrected chi connectivity index (χ1v) is 6.99. The van der Waals surface area contributed by atoms with Crippen molar-refractivity contribution in [3.63, 3.8) is 0 Å². The predicted octanol–water partition coefficient (Wildman–Crippen LogP) is 0.749. The van der Waals surface area contributed by atoms with Crippen molar-refractivity contribution in [2.75, 3.05) is 20.7 Å². The van der Waals surface area contributed by atoms with E-state index in [-0.39, 0.29) is 16.4 Å². The SMILES string of the molecule is CN1C(=O)C(=Cc2ccccc2OCC(=O)O)C(=O)N(C)C1=S. The smallest absolute Gasteiger partial charge is 0.341 e. The fraction of sp³-hybridized carbons (Fsp3) is 0.200. The van der Waals surface area contributed by atoms with Gasteiger partial charge in [-0.25, -0.2) is 4.79 Å². The Morgan fingerprint density at radius 3 is 2.35 bits per heavy atom. The quantitative estimate of drug-likeness (QED) is 0.497. The van der Waals surface area contributed by atoms with E-state index >= 15 is 0 Å². The summed E-state index contributed by atoms with van der Waals surface area (Å²) in [5.41, 5.74) is 0.357. The van der Waals surface area contributed by atoms with Gasteiger partial charge in [0, 0.05) is 19.7 Å². The molecule has 1 saturated heterocycles. The van der Waals surface area contributed by atoms with Crippen LogP contribution in [-0.4, -0.2) is 58.5 Å². The van der Waals surface area contributed by atoms with E-state index < -0.39 is 24.4 Å². The summed E-state index contributed by atoms with van der Waals surface area (Å²) in [6, 6.07) is 6.54. The third kappa shape index (κ3) is 3.37. The molecule has 0 unspecified atom stereocenters. The highest BCUT2D eigenvalue weighted by molar-refractivity contribution is 7.80. The minimum Gasteiger partial charge on any atom is -0.481 e. The van der Waals surface area contributed by atoms with E-state index in [2.05, 4.69) is 0 Å². The first-order chi connectivity index (χ1) is 10.8. The van der Waals surface area contributed by atoms with Gasteiger partial charge in [0.1, 0.15) is 11.3 Å². The maximum Gasteiger partial charge on any atom is 0.341 e. The van der Waals surface area contributed by atoms with Crippen LogP contribution < -0.4 is 4.74 Å². The monoisotopic (exact) mass is 334 g/mol. The number of hydrogen-bond donors (Lipinski definition) is 1. The Bertz CT molecular complexity index is 702. The van der Waals surface area contributed by atoms with Crippen molar-refractivity contribution in [2.24, 2.45) is 0 Å². The van der Waals surface area contributed by atoms with Crippen molar-refractivity contribution in [3.05, 3.63) is 35.4 Å². The van der Waals surface area contributed by atoms with E-state index in [1.54, 1.807) is 24.3 Å². The summed E-state index contributed by atoms with van der Waals surface area (Å²) in [5, 5.41) is 8.81. The Kier molecular flexibility index (Phi) is 4.75. The van der Waals surface area contributed by atoms with Gasteiger partial charge in [-0.15, -0.1) is 0 Å². The molecule has 23 heavy (non-hydrogen) atoms. The molecule has 120 valence electrons. The number of carbonyl (C=O) groups excluding carboxylic acids is 2. The zero-order valence-electron chi connectivity index (χ0n) is 12.5. The lowest BCUT2D eigenvalue weighted by molar-refractivity contribution is -0.139. The number of carboxylic acid groups (broad SMARTS) is 1. The third-order valence-electron chi connectivity index (χ3n) is 3.21. The predicted molar refractivity (Wildman–Crippen MR) is 85.7 cm³/mol. The zero-order chi connectivity index (χ0) is 17.1. The van der Waals surface area contributed by atoms with Crippen LogP contribution in [0.3, 0.4) is 0 Å². The van der Waals surface area contributed by atoms with Gasteiger partial charge in [-0.3, -0.25) is 19.4 Å². The summed E-state index contributed by atoms with van der Waals surface area (Å²) in [7, 11) is 2.96. The molecule has 0 aliphatic carbocycles. The number of carbonyl (C=O) groups is 3. The molecule has 0 radical (unpaired) electrons. The second-order valence-electron chi connectivity index (χ2n) is 4.79. The maximum atomic E-state index is 12.3. The standard InChI is InChI=1S/C15H14N2O5S/c1-16-13(20)10(14(21)17(2)15(16)23)7-9-5-3-4-6-11(9)22-8-12(18)19/h3-7H,8H2,1-2H3,(H,18,19). The lowest BCUT2D eigenvalue weighted by Crippen LogP contribution is -2.52. The van der Waals surface area contributed by atoms with E-state index in [1.165, 1.54) is 30.0 Å². The van der Waals surface area contributed by atoms with Crippen LogP contribution in [0.15, 0.2) is 29.8 Å². The Morgan fingerprint density at radius 2 is 1.78 bits per heavy atom.